The van der Waals surface area contributed by atoms with E-state index in [-0.39, 0.29) is 0 Å². The Morgan fingerprint density at radius 1 is 1.08 bits per heavy atom. The molecule has 0 saturated heterocycles. The van der Waals surface area contributed by atoms with Crippen molar-refractivity contribution < 1.29 is 0 Å². The van der Waals surface area contributed by atoms with Crippen LogP contribution in [0.5, 0.6) is 0 Å². The van der Waals surface area contributed by atoms with Gasteiger partial charge in [-0.25, -0.2) is 0 Å². The first-order valence-electron chi connectivity index (χ1n) is 4.86. The molecular formula is C12H16Sn. The maximum absolute atomic E-state index is 2.51. The molecule has 0 aromatic heterocycles. The van der Waals surface area contributed by atoms with Crippen LogP contribution >= 0.6 is 0 Å². The normalized spacial score (nSPS) is 20.4. The fraction of sp³-hybridized carbons (Fsp3) is 0.333. The summed E-state index contributed by atoms with van der Waals surface area (Å²) in [6.45, 7) is 0. The molecule has 0 saturated carbocycles. The van der Waals surface area contributed by atoms with Gasteiger partial charge in [-0.2, -0.15) is 0 Å². The van der Waals surface area contributed by atoms with Gasteiger partial charge < -0.3 is 0 Å². The molecule has 0 heterocycles. The van der Waals surface area contributed by atoms with Crippen molar-refractivity contribution >= 4 is 24.5 Å². The van der Waals surface area contributed by atoms with Crippen LogP contribution in [0.1, 0.15) is 15.1 Å². The van der Waals surface area contributed by atoms with Crippen molar-refractivity contribution in [3.05, 3.63) is 41.5 Å². The summed E-state index contributed by atoms with van der Waals surface area (Å²) in [6.07, 6.45) is 4.71. The SMILES string of the molecule is [CH3][Sn]([CH3])([CH3])[CH]1C=Cc2ccccc21. The van der Waals surface area contributed by atoms with Crippen molar-refractivity contribution in [1.29, 1.82) is 0 Å². The molecule has 1 heteroatoms. The predicted octanol–water partition coefficient (Wildman–Crippen LogP) is 3.67. The van der Waals surface area contributed by atoms with Crippen LogP contribution in [-0.4, -0.2) is 18.4 Å². The second-order valence-corrected chi connectivity index (χ2v) is 20.1. The molecule has 2 rings (SSSR count). The zero-order valence-electron chi connectivity index (χ0n) is 8.54. The van der Waals surface area contributed by atoms with Crippen LogP contribution in [0.25, 0.3) is 6.08 Å². The topological polar surface area (TPSA) is 0 Å². The third kappa shape index (κ3) is 1.69. The molecule has 1 atom stereocenters. The minimum absolute atomic E-state index is 0.797. The molecular weight excluding hydrogens is 263 g/mol. The summed E-state index contributed by atoms with van der Waals surface area (Å²) in [5, 5.41) is 0. The molecule has 1 aromatic rings. The molecule has 68 valence electrons. The number of hydrogen-bond donors (Lipinski definition) is 0. The van der Waals surface area contributed by atoms with Gasteiger partial charge in [0.25, 0.3) is 0 Å². The van der Waals surface area contributed by atoms with Gasteiger partial charge in [-0.05, 0) is 0 Å². The monoisotopic (exact) mass is 280 g/mol. The molecule has 0 bridgehead atoms. The zero-order valence-corrected chi connectivity index (χ0v) is 11.4. The molecule has 0 nitrogen and oxygen atoms in total. The standard InChI is InChI=1S/C9H7.3CH3.Sn/c1-2-5-9-7-3-6-8(9)4-1;;;;/h1-7H;3*1H3;. The molecule has 0 spiro atoms. The molecule has 0 amide bonds. The molecule has 0 radical (unpaired) electrons. The minimum atomic E-state index is -1.78. The van der Waals surface area contributed by atoms with Gasteiger partial charge in [0.1, 0.15) is 0 Å². The van der Waals surface area contributed by atoms with Gasteiger partial charge in [-0.1, -0.05) is 0 Å². The Morgan fingerprint density at radius 2 is 1.77 bits per heavy atom. The van der Waals surface area contributed by atoms with Crippen molar-refractivity contribution in [2.45, 2.75) is 18.8 Å². The third-order valence-electron chi connectivity index (χ3n) is 2.73. The van der Waals surface area contributed by atoms with Crippen molar-refractivity contribution in [2.24, 2.45) is 0 Å². The fourth-order valence-electron chi connectivity index (χ4n) is 2.00. The summed E-state index contributed by atoms with van der Waals surface area (Å²) in [6, 6.07) is 8.81. The van der Waals surface area contributed by atoms with Gasteiger partial charge in [0, 0.05) is 0 Å². The van der Waals surface area contributed by atoms with E-state index in [9.17, 15) is 0 Å². The Kier molecular flexibility index (Phi) is 2.26. The van der Waals surface area contributed by atoms with E-state index < -0.39 is 18.4 Å². The molecule has 1 aliphatic carbocycles. The summed E-state index contributed by atoms with van der Waals surface area (Å²) in [5.41, 5.74) is 3.02. The number of allylic oxidation sites excluding steroid dienone is 1. The van der Waals surface area contributed by atoms with Gasteiger partial charge in [0.05, 0.1) is 0 Å². The number of rotatable bonds is 1. The second-order valence-electron chi connectivity index (χ2n) is 4.83. The molecule has 13 heavy (non-hydrogen) atoms. The number of fused-ring (bicyclic) bond motifs is 1. The van der Waals surface area contributed by atoms with E-state index in [1.807, 2.05) is 0 Å². The van der Waals surface area contributed by atoms with Crippen LogP contribution in [0.2, 0.25) is 14.8 Å². The first-order valence-corrected chi connectivity index (χ1v) is 15.1. The Hall–Kier alpha value is -0.241. The third-order valence-corrected chi connectivity index (χ3v) is 9.50. The van der Waals surface area contributed by atoms with Crippen molar-refractivity contribution in [3.63, 3.8) is 0 Å². The Morgan fingerprint density at radius 3 is 2.46 bits per heavy atom. The van der Waals surface area contributed by atoms with E-state index in [0.29, 0.717) is 0 Å². The zero-order chi connectivity index (χ0) is 9.47. The van der Waals surface area contributed by atoms with Crippen LogP contribution in [-0.2, 0) is 0 Å². The fourth-order valence-corrected chi connectivity index (χ4v) is 7.34. The van der Waals surface area contributed by atoms with E-state index in [4.69, 9.17) is 0 Å². The molecule has 0 aliphatic heterocycles. The van der Waals surface area contributed by atoms with Crippen LogP contribution in [0, 0.1) is 0 Å². The molecule has 0 fully saturated rings. The van der Waals surface area contributed by atoms with E-state index in [2.05, 4.69) is 51.2 Å². The maximum atomic E-state index is 2.51. The van der Waals surface area contributed by atoms with E-state index in [1.54, 1.807) is 5.56 Å². The van der Waals surface area contributed by atoms with Crippen LogP contribution in [0.15, 0.2) is 30.3 Å². The Balaban J connectivity index is 2.45. The summed E-state index contributed by atoms with van der Waals surface area (Å²) in [4.78, 5) is 7.52. The van der Waals surface area contributed by atoms with E-state index in [0.717, 1.165) is 3.93 Å². The van der Waals surface area contributed by atoms with Gasteiger partial charge in [0.15, 0.2) is 0 Å². The Labute approximate surface area is 84.5 Å². The van der Waals surface area contributed by atoms with Crippen LogP contribution in [0.3, 0.4) is 0 Å². The van der Waals surface area contributed by atoms with E-state index >= 15 is 0 Å². The molecule has 0 N–H and O–H groups in total. The van der Waals surface area contributed by atoms with Crippen molar-refractivity contribution in [2.75, 3.05) is 0 Å². The van der Waals surface area contributed by atoms with Crippen molar-refractivity contribution in [3.8, 4) is 0 Å². The number of hydrogen-bond acceptors (Lipinski definition) is 0. The van der Waals surface area contributed by atoms with E-state index in [1.165, 1.54) is 5.56 Å². The first-order chi connectivity index (χ1) is 6.09. The summed E-state index contributed by atoms with van der Waals surface area (Å²) in [7, 11) is 0. The van der Waals surface area contributed by atoms with Gasteiger partial charge in [-0.3, -0.25) is 0 Å². The Bertz CT molecular complexity index is 344. The average molecular weight is 279 g/mol. The van der Waals surface area contributed by atoms with Gasteiger partial charge in [0.2, 0.25) is 0 Å². The number of benzene rings is 1. The van der Waals surface area contributed by atoms with Crippen molar-refractivity contribution in [1.82, 2.24) is 0 Å². The summed E-state index contributed by atoms with van der Waals surface area (Å²) < 4.78 is 0.797. The van der Waals surface area contributed by atoms with Crippen LogP contribution in [0.4, 0.5) is 0 Å². The molecule has 1 unspecified atom stereocenters. The quantitative estimate of drug-likeness (QED) is 0.688. The summed E-state index contributed by atoms with van der Waals surface area (Å²) >= 11 is -1.78. The molecule has 1 aliphatic rings. The van der Waals surface area contributed by atoms with Gasteiger partial charge in [-0.15, -0.1) is 0 Å². The van der Waals surface area contributed by atoms with Crippen LogP contribution < -0.4 is 0 Å². The second kappa shape index (κ2) is 3.16. The summed E-state index contributed by atoms with van der Waals surface area (Å²) in [5.74, 6) is 0. The average Bonchev–Trinajstić information content (AvgIpc) is 2.45. The first kappa shape index (κ1) is 9.32. The van der Waals surface area contributed by atoms with Gasteiger partial charge >= 0.3 is 84.7 Å². The predicted molar refractivity (Wildman–Crippen MR) is 61.6 cm³/mol. The molecule has 1 aromatic carbocycles.